The Labute approximate surface area is 172 Å². The van der Waals surface area contributed by atoms with Crippen molar-refractivity contribution >= 4 is 17.2 Å². The number of hydrogen-bond donors (Lipinski definition) is 1. The van der Waals surface area contributed by atoms with E-state index in [1.54, 1.807) is 18.4 Å². The van der Waals surface area contributed by atoms with Gasteiger partial charge >= 0.3 is 0 Å². The van der Waals surface area contributed by atoms with Gasteiger partial charge in [0.25, 0.3) is 0 Å². The van der Waals surface area contributed by atoms with Gasteiger partial charge in [-0.25, -0.2) is 0 Å². The smallest absolute Gasteiger partial charge is 0.237 e. The van der Waals surface area contributed by atoms with E-state index in [4.69, 9.17) is 9.47 Å². The summed E-state index contributed by atoms with van der Waals surface area (Å²) in [5, 5.41) is 5.09. The molecule has 0 aliphatic rings. The molecular weight excluding hydrogens is 372 g/mol. The molecule has 0 aliphatic heterocycles. The van der Waals surface area contributed by atoms with Gasteiger partial charge in [-0.05, 0) is 63.4 Å². The minimum Gasteiger partial charge on any atom is -0.493 e. The zero-order chi connectivity index (χ0) is 20.7. The second kappa shape index (κ2) is 9.94. The summed E-state index contributed by atoms with van der Waals surface area (Å²) in [7, 11) is 1.65. The first-order valence-corrected chi connectivity index (χ1v) is 10.5. The lowest BCUT2D eigenvalue weighted by Crippen LogP contribution is -2.50. The number of rotatable bonds is 9. The molecule has 2 rings (SSSR count). The number of nitrogens with one attached hydrogen (secondary N) is 1. The van der Waals surface area contributed by atoms with Gasteiger partial charge in [0, 0.05) is 17.0 Å². The predicted molar refractivity (Wildman–Crippen MR) is 115 cm³/mol. The van der Waals surface area contributed by atoms with E-state index in [1.165, 1.54) is 4.88 Å². The van der Waals surface area contributed by atoms with Gasteiger partial charge in [0.1, 0.15) is 6.61 Å². The number of carbonyl (C=O) groups is 1. The molecule has 28 heavy (non-hydrogen) atoms. The van der Waals surface area contributed by atoms with Crippen LogP contribution in [0.4, 0.5) is 0 Å². The van der Waals surface area contributed by atoms with Gasteiger partial charge in [0.2, 0.25) is 5.91 Å². The third-order valence-electron chi connectivity index (χ3n) is 4.40. The maximum Gasteiger partial charge on any atom is 0.237 e. The number of benzene rings is 1. The van der Waals surface area contributed by atoms with E-state index in [9.17, 15) is 4.79 Å². The molecule has 154 valence electrons. The standard InChI is InChI=1S/C22H32N2O3S/c1-7-24(16(2)21(25)23-22(3,4)5)14-17-10-11-19(20(13-17)26-6)27-15-18-9-8-12-28-18/h8-13,16H,7,14-15H2,1-6H3,(H,23,25). The minimum atomic E-state index is -0.241. The second-order valence-corrected chi connectivity index (χ2v) is 8.86. The first-order chi connectivity index (χ1) is 13.2. The van der Waals surface area contributed by atoms with Crippen LogP contribution < -0.4 is 14.8 Å². The molecule has 0 spiro atoms. The summed E-state index contributed by atoms with van der Waals surface area (Å²) >= 11 is 1.67. The highest BCUT2D eigenvalue weighted by atomic mass is 32.1. The van der Waals surface area contributed by atoms with Crippen molar-refractivity contribution in [1.82, 2.24) is 10.2 Å². The Bertz CT molecular complexity index is 754. The Hall–Kier alpha value is -2.05. The van der Waals surface area contributed by atoms with Gasteiger partial charge in [-0.15, -0.1) is 11.3 Å². The van der Waals surface area contributed by atoms with Crippen LogP contribution in [0.25, 0.3) is 0 Å². The van der Waals surface area contributed by atoms with E-state index in [0.717, 1.165) is 17.9 Å². The largest absolute Gasteiger partial charge is 0.493 e. The molecule has 6 heteroatoms. The van der Waals surface area contributed by atoms with Gasteiger partial charge in [0.05, 0.1) is 13.2 Å². The monoisotopic (exact) mass is 404 g/mol. The molecular formula is C22H32N2O3S. The van der Waals surface area contributed by atoms with E-state index >= 15 is 0 Å². The van der Waals surface area contributed by atoms with E-state index in [1.807, 2.05) is 57.3 Å². The van der Waals surface area contributed by atoms with Crippen molar-refractivity contribution in [3.8, 4) is 11.5 Å². The maximum atomic E-state index is 12.5. The zero-order valence-corrected chi connectivity index (χ0v) is 18.6. The fraction of sp³-hybridized carbons (Fsp3) is 0.500. The van der Waals surface area contributed by atoms with Crippen molar-refractivity contribution in [2.45, 2.75) is 59.4 Å². The van der Waals surface area contributed by atoms with Crippen LogP contribution in [0.1, 0.15) is 45.1 Å². The molecule has 0 fully saturated rings. The maximum absolute atomic E-state index is 12.5. The molecule has 1 aromatic carbocycles. The Morgan fingerprint density at radius 3 is 2.57 bits per heavy atom. The number of amides is 1. The molecule has 1 heterocycles. The molecule has 1 N–H and O–H groups in total. The molecule has 0 saturated heterocycles. The summed E-state index contributed by atoms with van der Waals surface area (Å²) in [4.78, 5) is 15.8. The lowest BCUT2D eigenvalue weighted by atomic mass is 10.1. The molecule has 0 aliphatic carbocycles. The first kappa shape index (κ1) is 22.2. The summed E-state index contributed by atoms with van der Waals surface area (Å²) in [5.41, 5.74) is 0.841. The molecule has 1 unspecified atom stereocenters. The van der Waals surface area contributed by atoms with E-state index in [2.05, 4.69) is 23.2 Å². The number of thiophene rings is 1. The highest BCUT2D eigenvalue weighted by Crippen LogP contribution is 2.30. The summed E-state index contributed by atoms with van der Waals surface area (Å²) in [6.45, 7) is 12.0. The SMILES string of the molecule is CCN(Cc1ccc(OCc2cccs2)c(OC)c1)C(C)C(=O)NC(C)(C)C. The van der Waals surface area contributed by atoms with Crippen LogP contribution in [0, 0.1) is 0 Å². The van der Waals surface area contributed by atoms with Crippen LogP contribution in [0.5, 0.6) is 11.5 Å². The van der Waals surface area contributed by atoms with Crippen molar-refractivity contribution in [2.75, 3.05) is 13.7 Å². The third-order valence-corrected chi connectivity index (χ3v) is 5.25. The lowest BCUT2D eigenvalue weighted by molar-refractivity contribution is -0.127. The lowest BCUT2D eigenvalue weighted by Gasteiger charge is -2.30. The highest BCUT2D eigenvalue weighted by Gasteiger charge is 2.24. The Balaban J connectivity index is 2.05. The van der Waals surface area contributed by atoms with Crippen molar-refractivity contribution < 1.29 is 14.3 Å². The summed E-state index contributed by atoms with van der Waals surface area (Å²) in [6, 6.07) is 9.80. The van der Waals surface area contributed by atoms with Crippen LogP contribution in [-0.2, 0) is 17.9 Å². The average Bonchev–Trinajstić information content (AvgIpc) is 3.16. The van der Waals surface area contributed by atoms with Crippen molar-refractivity contribution in [3.05, 3.63) is 46.2 Å². The van der Waals surface area contributed by atoms with Gasteiger partial charge in [-0.3, -0.25) is 9.69 Å². The molecule has 1 aromatic heterocycles. The summed E-state index contributed by atoms with van der Waals surface area (Å²) < 4.78 is 11.4. The predicted octanol–water partition coefficient (Wildman–Crippen LogP) is 4.46. The molecule has 0 radical (unpaired) electrons. The molecule has 0 bridgehead atoms. The number of likely N-dealkylation sites (N-methyl/N-ethyl adjacent to an activating group) is 1. The van der Waals surface area contributed by atoms with Crippen molar-refractivity contribution in [1.29, 1.82) is 0 Å². The number of carbonyl (C=O) groups excluding carboxylic acids is 1. The van der Waals surface area contributed by atoms with Crippen LogP contribution in [0.15, 0.2) is 35.7 Å². The van der Waals surface area contributed by atoms with E-state index in [0.29, 0.717) is 18.9 Å². The fourth-order valence-electron chi connectivity index (χ4n) is 2.87. The zero-order valence-electron chi connectivity index (χ0n) is 17.7. The number of nitrogens with zero attached hydrogens (tertiary/aromatic N) is 1. The Morgan fingerprint density at radius 2 is 2.00 bits per heavy atom. The first-order valence-electron chi connectivity index (χ1n) is 9.61. The Morgan fingerprint density at radius 1 is 1.25 bits per heavy atom. The number of hydrogen-bond acceptors (Lipinski definition) is 5. The summed E-state index contributed by atoms with van der Waals surface area (Å²) in [5.74, 6) is 1.47. The minimum absolute atomic E-state index is 0.0391. The molecule has 2 aromatic rings. The molecule has 1 amide bonds. The van der Waals surface area contributed by atoms with Crippen LogP contribution in [0.3, 0.4) is 0 Å². The Kier molecular flexibility index (Phi) is 7.89. The number of methoxy groups -OCH3 is 1. The van der Waals surface area contributed by atoms with Crippen molar-refractivity contribution in [3.63, 3.8) is 0 Å². The van der Waals surface area contributed by atoms with Gasteiger partial charge in [-0.2, -0.15) is 0 Å². The normalized spacial score (nSPS) is 12.7. The van der Waals surface area contributed by atoms with Gasteiger partial charge in [-0.1, -0.05) is 19.1 Å². The molecule has 0 saturated carbocycles. The topological polar surface area (TPSA) is 50.8 Å². The molecule has 1 atom stereocenters. The average molecular weight is 405 g/mol. The summed E-state index contributed by atoms with van der Waals surface area (Å²) in [6.07, 6.45) is 0. The number of ether oxygens (including phenoxy) is 2. The quantitative estimate of drug-likeness (QED) is 0.670. The van der Waals surface area contributed by atoms with Crippen LogP contribution in [-0.4, -0.2) is 36.0 Å². The van der Waals surface area contributed by atoms with Crippen LogP contribution in [0.2, 0.25) is 0 Å². The van der Waals surface area contributed by atoms with Gasteiger partial charge < -0.3 is 14.8 Å². The second-order valence-electron chi connectivity index (χ2n) is 7.83. The molecule has 5 nitrogen and oxygen atoms in total. The third kappa shape index (κ3) is 6.53. The van der Waals surface area contributed by atoms with Crippen molar-refractivity contribution in [2.24, 2.45) is 0 Å². The van der Waals surface area contributed by atoms with E-state index in [-0.39, 0.29) is 17.5 Å². The van der Waals surface area contributed by atoms with Gasteiger partial charge in [0.15, 0.2) is 11.5 Å². The van der Waals surface area contributed by atoms with E-state index < -0.39 is 0 Å². The highest BCUT2D eigenvalue weighted by molar-refractivity contribution is 7.09. The van der Waals surface area contributed by atoms with Crippen LogP contribution >= 0.6 is 11.3 Å². The fourth-order valence-corrected chi connectivity index (χ4v) is 3.49.